The molecule has 6 heteroatoms. The van der Waals surface area contributed by atoms with E-state index in [1.54, 1.807) is 20.1 Å². The Hall–Kier alpha value is -1.66. The Morgan fingerprint density at radius 3 is 3.06 bits per heavy atom. The molecule has 18 heavy (non-hydrogen) atoms. The van der Waals surface area contributed by atoms with Gasteiger partial charge in [-0.15, -0.1) is 0 Å². The van der Waals surface area contributed by atoms with Crippen molar-refractivity contribution in [2.45, 2.75) is 25.5 Å². The number of amides is 1. The van der Waals surface area contributed by atoms with Crippen molar-refractivity contribution < 1.29 is 14.6 Å². The molecule has 6 nitrogen and oxygen atoms in total. The van der Waals surface area contributed by atoms with Crippen LogP contribution in [0.2, 0.25) is 0 Å². The van der Waals surface area contributed by atoms with Gasteiger partial charge in [0.05, 0.1) is 12.1 Å². The van der Waals surface area contributed by atoms with Gasteiger partial charge in [0.2, 0.25) is 5.91 Å². The molecule has 0 saturated carbocycles. The van der Waals surface area contributed by atoms with E-state index in [0.717, 1.165) is 5.69 Å². The van der Waals surface area contributed by atoms with Crippen LogP contribution in [0.4, 0.5) is 5.82 Å². The number of anilines is 1. The number of carbonyl (C=O) groups excluding carboxylic acids is 1. The highest BCUT2D eigenvalue weighted by Crippen LogP contribution is 2.21. The first kappa shape index (κ1) is 12.8. The lowest BCUT2D eigenvalue weighted by Crippen LogP contribution is -2.35. The maximum Gasteiger partial charge on any atom is 0.242 e. The SMILES string of the molecule is COC1CNC(C(=O)Nc2nc(C)ccc2O)C1. The number of methoxy groups -OCH3 is 1. The number of aromatic hydroxyl groups is 1. The molecule has 1 aliphatic rings. The van der Waals surface area contributed by atoms with Gasteiger partial charge < -0.3 is 20.5 Å². The fourth-order valence-corrected chi connectivity index (χ4v) is 1.93. The minimum Gasteiger partial charge on any atom is -0.504 e. The van der Waals surface area contributed by atoms with Crippen LogP contribution < -0.4 is 10.6 Å². The number of pyridine rings is 1. The number of nitrogens with one attached hydrogen (secondary N) is 2. The van der Waals surface area contributed by atoms with Gasteiger partial charge in [-0.25, -0.2) is 4.98 Å². The summed E-state index contributed by atoms with van der Waals surface area (Å²) in [5, 5.41) is 15.3. The smallest absolute Gasteiger partial charge is 0.242 e. The van der Waals surface area contributed by atoms with Gasteiger partial charge in [0.25, 0.3) is 0 Å². The molecule has 1 aromatic rings. The maximum absolute atomic E-state index is 12.0. The molecule has 3 N–H and O–H groups in total. The third kappa shape index (κ3) is 2.77. The van der Waals surface area contributed by atoms with Crippen LogP contribution in [0.15, 0.2) is 12.1 Å². The number of rotatable bonds is 3. The van der Waals surface area contributed by atoms with Crippen molar-refractivity contribution in [3.8, 4) is 5.75 Å². The van der Waals surface area contributed by atoms with Crippen LogP contribution in [0.5, 0.6) is 5.75 Å². The Morgan fingerprint density at radius 1 is 1.61 bits per heavy atom. The Morgan fingerprint density at radius 2 is 2.39 bits per heavy atom. The van der Waals surface area contributed by atoms with Crippen molar-refractivity contribution in [2.75, 3.05) is 19.0 Å². The van der Waals surface area contributed by atoms with Gasteiger partial charge >= 0.3 is 0 Å². The van der Waals surface area contributed by atoms with Crippen LogP contribution in [0, 0.1) is 6.92 Å². The van der Waals surface area contributed by atoms with E-state index >= 15 is 0 Å². The number of hydrogen-bond acceptors (Lipinski definition) is 5. The summed E-state index contributed by atoms with van der Waals surface area (Å²) in [5.74, 6) is -0.0409. The third-order valence-electron chi connectivity index (χ3n) is 3.00. The van der Waals surface area contributed by atoms with E-state index in [9.17, 15) is 9.90 Å². The number of nitrogens with zero attached hydrogens (tertiary/aromatic N) is 1. The number of aryl methyl sites for hydroxylation is 1. The molecular weight excluding hydrogens is 234 g/mol. The van der Waals surface area contributed by atoms with E-state index in [0.29, 0.717) is 13.0 Å². The highest BCUT2D eigenvalue weighted by Gasteiger charge is 2.29. The standard InChI is InChI=1S/C12H17N3O3/c1-7-3-4-10(16)11(14-7)15-12(17)9-5-8(18-2)6-13-9/h3-4,8-9,13,16H,5-6H2,1-2H3,(H,14,15,17). The highest BCUT2D eigenvalue weighted by molar-refractivity contribution is 5.95. The van der Waals surface area contributed by atoms with Gasteiger partial charge in [-0.1, -0.05) is 0 Å². The second kappa shape index (κ2) is 5.32. The molecule has 1 aliphatic heterocycles. The van der Waals surface area contributed by atoms with Crippen LogP contribution in [-0.4, -0.2) is 41.8 Å². The van der Waals surface area contributed by atoms with Gasteiger partial charge in [0.15, 0.2) is 11.6 Å². The van der Waals surface area contributed by atoms with E-state index in [2.05, 4.69) is 15.6 Å². The summed E-state index contributed by atoms with van der Waals surface area (Å²) < 4.78 is 5.18. The van der Waals surface area contributed by atoms with Gasteiger partial charge in [-0.2, -0.15) is 0 Å². The van der Waals surface area contributed by atoms with Crippen LogP contribution in [0.1, 0.15) is 12.1 Å². The third-order valence-corrected chi connectivity index (χ3v) is 3.00. The fraction of sp³-hybridized carbons (Fsp3) is 0.500. The first-order chi connectivity index (χ1) is 8.60. The number of aromatic nitrogens is 1. The summed E-state index contributed by atoms with van der Waals surface area (Å²) in [6, 6.07) is 2.88. The van der Waals surface area contributed by atoms with Crippen LogP contribution in [0.3, 0.4) is 0 Å². The van der Waals surface area contributed by atoms with Crippen molar-refractivity contribution in [2.24, 2.45) is 0 Å². The molecule has 2 heterocycles. The lowest BCUT2D eigenvalue weighted by molar-refractivity contribution is -0.118. The van der Waals surface area contributed by atoms with E-state index in [-0.39, 0.29) is 29.6 Å². The molecule has 0 bridgehead atoms. The van der Waals surface area contributed by atoms with Gasteiger partial charge in [0.1, 0.15) is 0 Å². The molecule has 0 aliphatic carbocycles. The molecule has 2 unspecified atom stereocenters. The van der Waals surface area contributed by atoms with Crippen LogP contribution >= 0.6 is 0 Å². The summed E-state index contributed by atoms with van der Waals surface area (Å²) in [4.78, 5) is 16.0. The zero-order valence-electron chi connectivity index (χ0n) is 10.4. The minimum atomic E-state index is -0.309. The molecule has 1 aromatic heterocycles. The Labute approximate surface area is 105 Å². The van der Waals surface area contributed by atoms with E-state index < -0.39 is 0 Å². The predicted octanol–water partition coefficient (Wildman–Crippen LogP) is 0.411. The van der Waals surface area contributed by atoms with Gasteiger partial charge in [-0.05, 0) is 25.5 Å². The topological polar surface area (TPSA) is 83.5 Å². The fourth-order valence-electron chi connectivity index (χ4n) is 1.93. The Bertz CT molecular complexity index is 450. The molecule has 0 aromatic carbocycles. The maximum atomic E-state index is 12.0. The lowest BCUT2D eigenvalue weighted by Gasteiger charge is -2.12. The van der Waals surface area contributed by atoms with Gasteiger partial charge in [-0.3, -0.25) is 4.79 Å². The number of ether oxygens (including phenoxy) is 1. The molecule has 1 amide bonds. The first-order valence-electron chi connectivity index (χ1n) is 5.84. The molecular formula is C12H17N3O3. The summed E-state index contributed by atoms with van der Waals surface area (Å²) in [6.45, 7) is 2.45. The average molecular weight is 251 g/mol. The summed E-state index contributed by atoms with van der Waals surface area (Å²) in [6.07, 6.45) is 0.675. The van der Waals surface area contributed by atoms with E-state index in [4.69, 9.17) is 4.74 Å². The normalized spacial score (nSPS) is 23.0. The largest absolute Gasteiger partial charge is 0.504 e. The van der Waals surface area contributed by atoms with Crippen molar-refractivity contribution in [3.63, 3.8) is 0 Å². The molecule has 0 radical (unpaired) electrons. The van der Waals surface area contributed by atoms with Crippen LogP contribution in [0.25, 0.3) is 0 Å². The molecule has 2 atom stereocenters. The molecule has 2 rings (SSSR count). The first-order valence-corrected chi connectivity index (χ1v) is 5.84. The minimum absolute atomic E-state index is 0.0322. The van der Waals surface area contributed by atoms with Crippen LogP contribution in [-0.2, 0) is 9.53 Å². The highest BCUT2D eigenvalue weighted by atomic mass is 16.5. The predicted molar refractivity (Wildman–Crippen MR) is 66.5 cm³/mol. The summed E-state index contributed by atoms with van der Waals surface area (Å²) in [5.41, 5.74) is 0.734. The second-order valence-corrected chi connectivity index (χ2v) is 4.36. The number of hydrogen-bond donors (Lipinski definition) is 3. The second-order valence-electron chi connectivity index (χ2n) is 4.36. The monoisotopic (exact) mass is 251 g/mol. The number of carbonyl (C=O) groups is 1. The van der Waals surface area contributed by atoms with E-state index in [1.807, 2.05) is 0 Å². The van der Waals surface area contributed by atoms with E-state index in [1.165, 1.54) is 6.07 Å². The zero-order valence-corrected chi connectivity index (χ0v) is 10.4. The van der Waals surface area contributed by atoms with Crippen molar-refractivity contribution in [1.82, 2.24) is 10.3 Å². The lowest BCUT2D eigenvalue weighted by atomic mass is 10.2. The average Bonchev–Trinajstić information content (AvgIpc) is 2.82. The Balaban J connectivity index is 2.01. The molecule has 1 fully saturated rings. The van der Waals surface area contributed by atoms with Crippen molar-refractivity contribution in [1.29, 1.82) is 0 Å². The van der Waals surface area contributed by atoms with Crippen molar-refractivity contribution >= 4 is 11.7 Å². The Kier molecular flexibility index (Phi) is 3.78. The molecule has 98 valence electrons. The molecule has 0 spiro atoms. The van der Waals surface area contributed by atoms with Crippen molar-refractivity contribution in [3.05, 3.63) is 17.8 Å². The molecule has 1 saturated heterocycles. The summed E-state index contributed by atoms with van der Waals surface area (Å²) in [7, 11) is 1.63. The quantitative estimate of drug-likeness (QED) is 0.724. The summed E-state index contributed by atoms with van der Waals surface area (Å²) >= 11 is 0. The zero-order chi connectivity index (χ0) is 13.1. The van der Waals surface area contributed by atoms with Gasteiger partial charge in [0, 0.05) is 19.3 Å².